The van der Waals surface area contributed by atoms with Crippen molar-refractivity contribution in [3.05, 3.63) is 53.2 Å². The molecule has 1 fully saturated rings. The smallest absolute Gasteiger partial charge is 0.388 e. The second-order valence-corrected chi connectivity index (χ2v) is 7.89. The van der Waals surface area contributed by atoms with Crippen LogP contribution in [0.3, 0.4) is 0 Å². The lowest BCUT2D eigenvalue weighted by Crippen LogP contribution is -2.43. The maximum absolute atomic E-state index is 13.6. The van der Waals surface area contributed by atoms with Crippen molar-refractivity contribution in [3.8, 4) is 5.88 Å². The van der Waals surface area contributed by atoms with Gasteiger partial charge in [-0.15, -0.1) is 0 Å². The minimum atomic E-state index is -3.08. The van der Waals surface area contributed by atoms with Crippen molar-refractivity contribution in [2.24, 2.45) is 0 Å². The summed E-state index contributed by atoms with van der Waals surface area (Å²) >= 11 is 0. The Morgan fingerprint density at radius 3 is 2.53 bits per heavy atom. The van der Waals surface area contributed by atoms with Crippen molar-refractivity contribution in [1.82, 2.24) is 9.88 Å². The summed E-state index contributed by atoms with van der Waals surface area (Å²) in [6, 6.07) is 10.6. The van der Waals surface area contributed by atoms with Crippen LogP contribution in [-0.2, 0) is 15.0 Å². The summed E-state index contributed by atoms with van der Waals surface area (Å²) in [6.45, 7) is 2.78. The van der Waals surface area contributed by atoms with Gasteiger partial charge in [0.05, 0.1) is 0 Å². The van der Waals surface area contributed by atoms with Crippen LogP contribution in [0.5, 0.6) is 5.88 Å². The number of nitrogens with zero attached hydrogens (tertiary/aromatic N) is 2. The van der Waals surface area contributed by atoms with E-state index in [0.29, 0.717) is 5.69 Å². The molecule has 1 unspecified atom stereocenters. The van der Waals surface area contributed by atoms with E-state index in [-0.39, 0.29) is 36.4 Å². The molecule has 1 N–H and O–H groups in total. The van der Waals surface area contributed by atoms with Crippen molar-refractivity contribution < 1.29 is 23.1 Å². The van der Waals surface area contributed by atoms with Gasteiger partial charge in [-0.05, 0) is 36.1 Å². The zero-order chi connectivity index (χ0) is 22.1. The number of hydrogen-bond donors (Lipinski definition) is 1. The standard InChI is InChI=1S/C22H25F2N3O3/c1-13(2)15-7-5-6-8-16(15)22(11-18(28)27(4)12-22)20(29)26-17-10-9-14(3)25-19(17)30-21(23)24/h5-10,13,21H,11-12H2,1-4H3,(H,26,29). The van der Waals surface area contributed by atoms with E-state index < -0.39 is 17.9 Å². The third-order valence-electron chi connectivity index (χ3n) is 5.37. The molecule has 1 aliphatic rings. The quantitative estimate of drug-likeness (QED) is 0.775. The second-order valence-electron chi connectivity index (χ2n) is 7.89. The number of ether oxygens (including phenoxy) is 1. The minimum Gasteiger partial charge on any atom is -0.415 e. The van der Waals surface area contributed by atoms with Crippen LogP contribution in [0.25, 0.3) is 0 Å². The Labute approximate surface area is 174 Å². The fourth-order valence-corrected chi connectivity index (χ4v) is 3.88. The molecule has 0 aliphatic carbocycles. The van der Waals surface area contributed by atoms with Crippen LogP contribution in [0.2, 0.25) is 0 Å². The highest BCUT2D eigenvalue weighted by atomic mass is 19.3. The van der Waals surface area contributed by atoms with E-state index in [1.54, 1.807) is 20.0 Å². The van der Waals surface area contributed by atoms with E-state index in [0.717, 1.165) is 11.1 Å². The molecule has 1 saturated heterocycles. The molecule has 1 aliphatic heterocycles. The van der Waals surface area contributed by atoms with Gasteiger partial charge in [-0.3, -0.25) is 9.59 Å². The van der Waals surface area contributed by atoms with Crippen LogP contribution >= 0.6 is 0 Å². The third kappa shape index (κ3) is 4.13. The summed E-state index contributed by atoms with van der Waals surface area (Å²) in [4.78, 5) is 31.5. The van der Waals surface area contributed by atoms with Crippen molar-refractivity contribution >= 4 is 17.5 Å². The largest absolute Gasteiger partial charge is 0.415 e. The molecule has 2 amide bonds. The number of alkyl halides is 2. The number of benzene rings is 1. The number of amides is 2. The second kappa shape index (κ2) is 8.38. The van der Waals surface area contributed by atoms with Gasteiger partial charge in [-0.2, -0.15) is 8.78 Å². The summed E-state index contributed by atoms with van der Waals surface area (Å²) in [5, 5.41) is 2.69. The van der Waals surface area contributed by atoms with Crippen LogP contribution in [0.4, 0.5) is 14.5 Å². The van der Waals surface area contributed by atoms with Crippen LogP contribution in [-0.4, -0.2) is 41.9 Å². The first-order valence-electron chi connectivity index (χ1n) is 9.71. The molecule has 30 heavy (non-hydrogen) atoms. The molecular weight excluding hydrogens is 392 g/mol. The lowest BCUT2D eigenvalue weighted by Gasteiger charge is -2.31. The summed E-state index contributed by atoms with van der Waals surface area (Å²) in [5.41, 5.74) is 1.07. The van der Waals surface area contributed by atoms with Crippen molar-refractivity contribution in [1.29, 1.82) is 0 Å². The van der Waals surface area contributed by atoms with Crippen molar-refractivity contribution in [2.75, 3.05) is 18.9 Å². The Balaban J connectivity index is 2.06. The number of aromatic nitrogens is 1. The predicted octanol–water partition coefficient (Wildman–Crippen LogP) is 3.85. The van der Waals surface area contributed by atoms with E-state index >= 15 is 0 Å². The Kier molecular flexibility index (Phi) is 6.05. The average Bonchev–Trinajstić information content (AvgIpc) is 2.99. The molecule has 2 heterocycles. The van der Waals surface area contributed by atoms with E-state index in [2.05, 4.69) is 15.0 Å². The van der Waals surface area contributed by atoms with Gasteiger partial charge in [0.1, 0.15) is 11.1 Å². The first-order valence-corrected chi connectivity index (χ1v) is 9.71. The normalized spacial score (nSPS) is 18.9. The number of halogens is 2. The maximum Gasteiger partial charge on any atom is 0.388 e. The Morgan fingerprint density at radius 2 is 1.93 bits per heavy atom. The third-order valence-corrected chi connectivity index (χ3v) is 5.37. The maximum atomic E-state index is 13.6. The summed E-state index contributed by atoms with van der Waals surface area (Å²) in [6.07, 6.45) is -0.0105. The average molecular weight is 417 g/mol. The molecule has 8 heteroatoms. The van der Waals surface area contributed by atoms with Crippen LogP contribution < -0.4 is 10.1 Å². The van der Waals surface area contributed by atoms with Gasteiger partial charge < -0.3 is 15.0 Å². The Bertz CT molecular complexity index is 964. The molecule has 2 aromatic rings. The SMILES string of the molecule is Cc1ccc(NC(=O)C2(c3ccccc3C(C)C)CC(=O)N(C)C2)c(OC(F)F)n1. The van der Waals surface area contributed by atoms with Crippen LogP contribution in [0, 0.1) is 6.92 Å². The summed E-state index contributed by atoms with van der Waals surface area (Å²) < 4.78 is 30.2. The molecule has 0 radical (unpaired) electrons. The highest BCUT2D eigenvalue weighted by Crippen LogP contribution is 2.40. The molecule has 3 rings (SSSR count). The Morgan fingerprint density at radius 1 is 1.23 bits per heavy atom. The predicted molar refractivity (Wildman–Crippen MR) is 109 cm³/mol. The zero-order valence-corrected chi connectivity index (χ0v) is 17.4. The molecule has 0 spiro atoms. The van der Waals surface area contributed by atoms with Crippen LogP contribution in [0.1, 0.15) is 43.0 Å². The number of anilines is 1. The van der Waals surface area contributed by atoms with E-state index in [9.17, 15) is 18.4 Å². The summed E-state index contributed by atoms with van der Waals surface area (Å²) in [7, 11) is 1.65. The zero-order valence-electron chi connectivity index (χ0n) is 17.4. The highest BCUT2D eigenvalue weighted by molar-refractivity contribution is 6.05. The number of hydrogen-bond acceptors (Lipinski definition) is 4. The lowest BCUT2D eigenvalue weighted by molar-refractivity contribution is -0.127. The molecular formula is C22H25F2N3O3. The monoisotopic (exact) mass is 417 g/mol. The number of carbonyl (C=O) groups excluding carboxylic acids is 2. The van der Waals surface area contributed by atoms with Gasteiger partial charge in [-0.1, -0.05) is 38.1 Å². The van der Waals surface area contributed by atoms with Gasteiger partial charge in [0.25, 0.3) is 0 Å². The molecule has 1 aromatic heterocycles. The summed E-state index contributed by atoms with van der Waals surface area (Å²) in [5.74, 6) is -0.846. The number of likely N-dealkylation sites (tertiary alicyclic amines) is 1. The number of nitrogens with one attached hydrogen (secondary N) is 1. The number of pyridine rings is 1. The number of carbonyl (C=O) groups is 2. The number of rotatable bonds is 6. The van der Waals surface area contributed by atoms with Crippen molar-refractivity contribution in [2.45, 2.75) is 45.1 Å². The van der Waals surface area contributed by atoms with Crippen molar-refractivity contribution in [3.63, 3.8) is 0 Å². The molecule has 160 valence electrons. The van der Waals surface area contributed by atoms with Gasteiger partial charge in [-0.25, -0.2) is 4.98 Å². The number of likely N-dealkylation sites (N-methyl/N-ethyl adjacent to an activating group) is 1. The lowest BCUT2D eigenvalue weighted by atomic mass is 9.74. The van der Waals surface area contributed by atoms with Gasteiger partial charge >= 0.3 is 6.61 Å². The molecule has 6 nitrogen and oxygen atoms in total. The van der Waals surface area contributed by atoms with Gasteiger partial charge in [0.15, 0.2) is 0 Å². The molecule has 0 bridgehead atoms. The topological polar surface area (TPSA) is 71.5 Å². The fourth-order valence-electron chi connectivity index (χ4n) is 3.88. The molecule has 1 atom stereocenters. The first kappa shape index (κ1) is 21.7. The Hall–Kier alpha value is -3.03. The van der Waals surface area contributed by atoms with E-state index in [4.69, 9.17) is 0 Å². The van der Waals surface area contributed by atoms with Crippen LogP contribution in [0.15, 0.2) is 36.4 Å². The molecule has 0 saturated carbocycles. The highest BCUT2D eigenvalue weighted by Gasteiger charge is 2.50. The van der Waals surface area contributed by atoms with Gasteiger partial charge in [0, 0.05) is 25.7 Å². The number of aryl methyl sites for hydroxylation is 1. The first-order chi connectivity index (χ1) is 14.1. The minimum absolute atomic E-state index is 0.0105. The fraction of sp³-hybridized carbons (Fsp3) is 0.409. The van der Waals surface area contributed by atoms with Gasteiger partial charge in [0.2, 0.25) is 17.7 Å². The molecule has 1 aromatic carbocycles. The van der Waals surface area contributed by atoms with E-state index in [1.165, 1.54) is 11.0 Å². The van der Waals surface area contributed by atoms with E-state index in [1.807, 2.05) is 38.1 Å².